The molecule has 1 aromatic rings. The van der Waals surface area contributed by atoms with Gasteiger partial charge in [-0.1, -0.05) is 36.5 Å². The van der Waals surface area contributed by atoms with Crippen LogP contribution < -0.4 is 17.1 Å². The van der Waals surface area contributed by atoms with Gasteiger partial charge in [0.05, 0.1) is 19.6 Å². The number of allylic oxidation sites excluding steroid dienone is 6. The number of rotatable bonds is 6. The van der Waals surface area contributed by atoms with E-state index in [-0.39, 0.29) is 19.6 Å². The van der Waals surface area contributed by atoms with E-state index >= 15 is 0 Å². The second-order valence-corrected chi connectivity index (χ2v) is 4.39. The van der Waals surface area contributed by atoms with Crippen LogP contribution in [0.3, 0.4) is 0 Å². The van der Waals surface area contributed by atoms with Crippen LogP contribution in [0.25, 0.3) is 0 Å². The average Bonchev–Trinajstić information content (AvgIpc) is 2.47. The van der Waals surface area contributed by atoms with Crippen molar-refractivity contribution in [1.29, 1.82) is 0 Å². The van der Waals surface area contributed by atoms with Gasteiger partial charge >= 0.3 is 17.1 Å². The summed E-state index contributed by atoms with van der Waals surface area (Å²) < 4.78 is 3.19. The Morgan fingerprint density at radius 3 is 1.05 bits per heavy atom. The molecule has 0 radical (unpaired) electrons. The smallest absolute Gasteiger partial charge is 0.247 e. The normalized spacial score (nSPS) is 12.1. The van der Waals surface area contributed by atoms with E-state index in [9.17, 15) is 14.4 Å². The molecule has 0 unspecified atom stereocenters. The summed E-state index contributed by atoms with van der Waals surface area (Å²) in [6.07, 6.45) is 10.4. The highest BCUT2D eigenvalue weighted by Gasteiger charge is 2.12. The summed E-state index contributed by atoms with van der Waals surface area (Å²) in [7, 11) is 0. The van der Waals surface area contributed by atoms with Crippen LogP contribution in [0.2, 0.25) is 0 Å². The lowest BCUT2D eigenvalue weighted by Crippen LogP contribution is -2.54. The molecular formula is C15H21N3O3. The Kier molecular flexibility index (Phi) is 6.39. The van der Waals surface area contributed by atoms with Gasteiger partial charge in [0, 0.05) is 0 Å². The number of hydrogen-bond acceptors (Lipinski definition) is 3. The van der Waals surface area contributed by atoms with Crippen LogP contribution in [0, 0.1) is 0 Å². The fraction of sp³-hybridized carbons (Fsp3) is 0.400. The summed E-state index contributed by atoms with van der Waals surface area (Å²) in [6.45, 7) is 5.87. The lowest BCUT2D eigenvalue weighted by molar-refractivity contribution is 0.501. The molecule has 0 aromatic carbocycles. The largest absolute Gasteiger partial charge is 0.336 e. The first-order valence-corrected chi connectivity index (χ1v) is 6.86. The fourth-order valence-electron chi connectivity index (χ4n) is 1.78. The zero-order chi connectivity index (χ0) is 15.8. The predicted octanol–water partition coefficient (Wildman–Crippen LogP) is 0.900. The van der Waals surface area contributed by atoms with E-state index in [0.717, 1.165) is 13.7 Å². The minimum absolute atomic E-state index is 0.153. The molecule has 0 spiro atoms. The summed E-state index contributed by atoms with van der Waals surface area (Å²) in [5, 5.41) is 0. The zero-order valence-corrected chi connectivity index (χ0v) is 12.7. The first kappa shape index (κ1) is 16.7. The van der Waals surface area contributed by atoms with Gasteiger partial charge in [-0.2, -0.15) is 0 Å². The molecule has 0 saturated carbocycles. The Balaban J connectivity index is 3.61. The molecule has 0 N–H and O–H groups in total. The van der Waals surface area contributed by atoms with Crippen LogP contribution in [0.1, 0.15) is 20.8 Å². The first-order chi connectivity index (χ1) is 10.1. The Labute approximate surface area is 123 Å². The molecule has 0 fully saturated rings. The van der Waals surface area contributed by atoms with Gasteiger partial charge in [-0.25, -0.2) is 28.1 Å². The highest BCUT2D eigenvalue weighted by Crippen LogP contribution is 1.83. The van der Waals surface area contributed by atoms with E-state index in [1.165, 1.54) is 0 Å². The second kappa shape index (κ2) is 8.04. The first-order valence-electron chi connectivity index (χ1n) is 6.86. The summed E-state index contributed by atoms with van der Waals surface area (Å²) in [5.41, 5.74) is -1.76. The lowest BCUT2D eigenvalue weighted by atomic mass is 10.5. The molecule has 0 aliphatic carbocycles. The molecule has 6 nitrogen and oxygen atoms in total. The van der Waals surface area contributed by atoms with Gasteiger partial charge in [0.2, 0.25) is 0 Å². The highest BCUT2D eigenvalue weighted by atomic mass is 16.2. The van der Waals surface area contributed by atoms with Crippen LogP contribution in [0.15, 0.2) is 50.8 Å². The minimum Gasteiger partial charge on any atom is -0.247 e. The topological polar surface area (TPSA) is 66.0 Å². The van der Waals surface area contributed by atoms with Crippen molar-refractivity contribution in [3.05, 3.63) is 67.9 Å². The van der Waals surface area contributed by atoms with Gasteiger partial charge in [0.25, 0.3) is 0 Å². The summed E-state index contributed by atoms with van der Waals surface area (Å²) >= 11 is 0. The van der Waals surface area contributed by atoms with Crippen LogP contribution in [-0.2, 0) is 19.6 Å². The van der Waals surface area contributed by atoms with Crippen molar-refractivity contribution in [2.75, 3.05) is 0 Å². The molecule has 0 saturated heterocycles. The van der Waals surface area contributed by atoms with Gasteiger partial charge in [0.15, 0.2) is 0 Å². The summed E-state index contributed by atoms with van der Waals surface area (Å²) in [5.74, 6) is 0. The molecular weight excluding hydrogens is 270 g/mol. The zero-order valence-electron chi connectivity index (χ0n) is 12.7. The molecule has 0 aliphatic rings. The van der Waals surface area contributed by atoms with Gasteiger partial charge < -0.3 is 0 Å². The van der Waals surface area contributed by atoms with Crippen LogP contribution in [0.4, 0.5) is 0 Å². The molecule has 0 atom stereocenters. The molecule has 1 aromatic heterocycles. The van der Waals surface area contributed by atoms with Crippen molar-refractivity contribution >= 4 is 0 Å². The van der Waals surface area contributed by atoms with Crippen LogP contribution in [0.5, 0.6) is 0 Å². The minimum atomic E-state index is -0.585. The lowest BCUT2D eigenvalue weighted by Gasteiger charge is -2.10. The Hall–Kier alpha value is -2.37. The second-order valence-electron chi connectivity index (χ2n) is 4.39. The molecule has 1 heterocycles. The van der Waals surface area contributed by atoms with Gasteiger partial charge in [-0.15, -0.1) is 0 Å². The van der Waals surface area contributed by atoms with E-state index in [0.29, 0.717) is 0 Å². The van der Waals surface area contributed by atoms with E-state index < -0.39 is 17.1 Å². The van der Waals surface area contributed by atoms with Crippen molar-refractivity contribution in [3.63, 3.8) is 0 Å². The maximum atomic E-state index is 12.3. The number of aromatic nitrogens is 3. The summed E-state index contributed by atoms with van der Waals surface area (Å²) in [6, 6.07) is 0. The maximum Gasteiger partial charge on any atom is 0.336 e. The van der Waals surface area contributed by atoms with E-state index in [1.807, 2.05) is 0 Å². The molecule has 0 amide bonds. The molecule has 6 heteroatoms. The predicted molar refractivity (Wildman–Crippen MR) is 83.7 cm³/mol. The number of nitrogens with zero attached hydrogens (tertiary/aromatic N) is 3. The molecule has 21 heavy (non-hydrogen) atoms. The van der Waals surface area contributed by atoms with Crippen molar-refractivity contribution in [1.82, 2.24) is 13.7 Å². The standard InChI is InChI=1S/C15H21N3O3/c1-4-7-10-16-13(19)17(11-8-5-2)15(21)18(14(16)20)12-9-6-3/h4-9H,10-12H2,1-3H3. The summed E-state index contributed by atoms with van der Waals surface area (Å²) in [4.78, 5) is 36.8. The number of hydrogen-bond donors (Lipinski definition) is 0. The maximum absolute atomic E-state index is 12.3. The van der Waals surface area contributed by atoms with Crippen molar-refractivity contribution in [3.8, 4) is 0 Å². The van der Waals surface area contributed by atoms with Crippen molar-refractivity contribution < 1.29 is 0 Å². The molecule has 0 aliphatic heterocycles. The third-order valence-electron chi connectivity index (χ3n) is 2.96. The van der Waals surface area contributed by atoms with Gasteiger partial charge in [0.1, 0.15) is 0 Å². The Morgan fingerprint density at radius 2 is 0.857 bits per heavy atom. The fourth-order valence-corrected chi connectivity index (χ4v) is 1.78. The quantitative estimate of drug-likeness (QED) is 0.731. The van der Waals surface area contributed by atoms with Crippen molar-refractivity contribution in [2.45, 2.75) is 40.4 Å². The molecule has 1 rings (SSSR count). The third-order valence-corrected chi connectivity index (χ3v) is 2.96. The van der Waals surface area contributed by atoms with Gasteiger partial charge in [-0.05, 0) is 20.8 Å². The van der Waals surface area contributed by atoms with Crippen LogP contribution in [-0.4, -0.2) is 13.7 Å². The highest BCUT2D eigenvalue weighted by molar-refractivity contribution is 4.89. The monoisotopic (exact) mass is 291 g/mol. The Bertz CT molecular complexity index is 600. The SMILES string of the molecule is CC=CCn1c(=O)n(CC=CC)c(=O)n(CC=CC)c1=O. The van der Waals surface area contributed by atoms with E-state index in [1.54, 1.807) is 57.2 Å². The van der Waals surface area contributed by atoms with Crippen molar-refractivity contribution in [2.24, 2.45) is 0 Å². The van der Waals surface area contributed by atoms with Gasteiger partial charge in [-0.3, -0.25) is 0 Å². The Morgan fingerprint density at radius 1 is 0.619 bits per heavy atom. The van der Waals surface area contributed by atoms with Crippen LogP contribution >= 0.6 is 0 Å². The average molecular weight is 291 g/mol. The van der Waals surface area contributed by atoms with E-state index in [4.69, 9.17) is 0 Å². The molecule has 114 valence electrons. The van der Waals surface area contributed by atoms with E-state index in [2.05, 4.69) is 0 Å². The third kappa shape index (κ3) is 3.81. The molecule has 0 bridgehead atoms.